The second-order valence-electron chi connectivity index (χ2n) is 5.74. The number of amides is 1. The Morgan fingerprint density at radius 2 is 1.76 bits per heavy atom. The summed E-state index contributed by atoms with van der Waals surface area (Å²) in [5.41, 5.74) is 1.54. The second-order valence-corrected chi connectivity index (χ2v) is 7.09. The van der Waals surface area contributed by atoms with Gasteiger partial charge >= 0.3 is 0 Å². The zero-order valence-corrected chi connectivity index (χ0v) is 15.4. The fourth-order valence-corrected chi connectivity index (χ4v) is 3.65. The molecule has 0 unspecified atom stereocenters. The zero-order chi connectivity index (χ0) is 17.5. The first-order valence-electron chi connectivity index (χ1n) is 8.28. The van der Waals surface area contributed by atoms with Crippen molar-refractivity contribution in [1.29, 1.82) is 0 Å². The molecule has 0 spiro atoms. The van der Waals surface area contributed by atoms with Crippen molar-refractivity contribution in [2.45, 2.75) is 12.8 Å². The molecule has 2 aromatic carbocycles. The van der Waals surface area contributed by atoms with E-state index in [4.69, 9.17) is 16.6 Å². The van der Waals surface area contributed by atoms with Crippen LogP contribution in [0.5, 0.6) is 0 Å². The molecule has 0 saturated carbocycles. The topological polar surface area (TPSA) is 44.7 Å². The third kappa shape index (κ3) is 5.25. The van der Waals surface area contributed by atoms with E-state index in [2.05, 4.69) is 10.2 Å². The number of para-hydroxylation sites is 2. The van der Waals surface area contributed by atoms with Crippen LogP contribution in [0.4, 0.5) is 11.4 Å². The van der Waals surface area contributed by atoms with Crippen molar-refractivity contribution in [2.24, 2.45) is 4.99 Å². The van der Waals surface area contributed by atoms with Crippen LogP contribution in [-0.2, 0) is 4.79 Å². The molecule has 3 rings (SSSR count). The van der Waals surface area contributed by atoms with E-state index < -0.39 is 0 Å². The van der Waals surface area contributed by atoms with E-state index in [9.17, 15) is 4.79 Å². The molecule has 4 nitrogen and oxygen atoms in total. The van der Waals surface area contributed by atoms with Crippen LogP contribution in [-0.4, -0.2) is 34.8 Å². The molecule has 0 bridgehead atoms. The molecule has 25 heavy (non-hydrogen) atoms. The predicted molar refractivity (Wildman–Crippen MR) is 107 cm³/mol. The number of carbonyl (C=O) groups is 1. The van der Waals surface area contributed by atoms with Crippen molar-refractivity contribution in [3.63, 3.8) is 0 Å². The van der Waals surface area contributed by atoms with Gasteiger partial charge in [-0.2, -0.15) is 0 Å². The Hall–Kier alpha value is -1.98. The lowest BCUT2D eigenvalue weighted by atomic mass is 10.3. The van der Waals surface area contributed by atoms with Crippen molar-refractivity contribution in [2.75, 3.05) is 24.2 Å². The molecule has 0 aromatic heterocycles. The number of benzene rings is 2. The largest absolute Gasteiger partial charge is 0.351 e. The normalized spacial score (nSPS) is 14.6. The van der Waals surface area contributed by atoms with Crippen LogP contribution in [0.25, 0.3) is 0 Å². The number of nitrogens with one attached hydrogen (secondary N) is 1. The monoisotopic (exact) mass is 373 g/mol. The van der Waals surface area contributed by atoms with Crippen LogP contribution in [0.3, 0.4) is 0 Å². The van der Waals surface area contributed by atoms with Gasteiger partial charge in [0.1, 0.15) is 0 Å². The molecular formula is C19H20ClN3OS. The summed E-state index contributed by atoms with van der Waals surface area (Å²) in [5, 5.41) is 4.30. The first-order chi connectivity index (χ1) is 12.2. The molecule has 2 aromatic rings. The van der Waals surface area contributed by atoms with E-state index in [0.717, 1.165) is 23.9 Å². The van der Waals surface area contributed by atoms with E-state index in [1.165, 1.54) is 24.6 Å². The van der Waals surface area contributed by atoms with E-state index in [-0.39, 0.29) is 5.91 Å². The van der Waals surface area contributed by atoms with Crippen molar-refractivity contribution in [1.82, 2.24) is 4.90 Å². The number of amidine groups is 1. The molecule has 1 fully saturated rings. The summed E-state index contributed by atoms with van der Waals surface area (Å²) in [6.07, 6.45) is 2.33. The molecule has 0 aliphatic carbocycles. The summed E-state index contributed by atoms with van der Waals surface area (Å²) in [6, 6.07) is 17.1. The lowest BCUT2D eigenvalue weighted by molar-refractivity contribution is -0.113. The lowest BCUT2D eigenvalue weighted by Gasteiger charge is -2.19. The van der Waals surface area contributed by atoms with Crippen molar-refractivity contribution in [3.8, 4) is 0 Å². The summed E-state index contributed by atoms with van der Waals surface area (Å²) in [4.78, 5) is 19.3. The van der Waals surface area contributed by atoms with Crippen LogP contribution in [0.2, 0.25) is 5.02 Å². The molecule has 6 heteroatoms. The smallest absolute Gasteiger partial charge is 0.234 e. The quantitative estimate of drug-likeness (QED) is 0.618. The summed E-state index contributed by atoms with van der Waals surface area (Å²) < 4.78 is 0. The zero-order valence-electron chi connectivity index (χ0n) is 13.8. The first kappa shape index (κ1) is 17.8. The molecule has 0 radical (unpaired) electrons. The molecule has 130 valence electrons. The molecule has 1 heterocycles. The van der Waals surface area contributed by atoms with Crippen molar-refractivity contribution < 1.29 is 4.79 Å². The van der Waals surface area contributed by atoms with Crippen LogP contribution in [0.1, 0.15) is 12.8 Å². The predicted octanol–water partition coefficient (Wildman–Crippen LogP) is 4.80. The molecular weight excluding hydrogens is 354 g/mol. The molecule has 0 atom stereocenters. The number of hydrogen-bond donors (Lipinski definition) is 1. The average Bonchev–Trinajstić information content (AvgIpc) is 3.16. The number of anilines is 1. The summed E-state index contributed by atoms with van der Waals surface area (Å²) in [5.74, 6) is 0.214. The number of aliphatic imine (C=N–C) groups is 1. The Morgan fingerprint density at radius 1 is 1.08 bits per heavy atom. The fraction of sp³-hybridized carbons (Fsp3) is 0.263. The van der Waals surface area contributed by atoms with Gasteiger partial charge in [-0.05, 0) is 37.1 Å². The second kappa shape index (κ2) is 8.92. The standard InChI is InChI=1S/C19H20ClN3OS/c20-16-10-4-5-11-17(16)22-18(24)14-25-19(23-12-6-7-13-23)21-15-8-2-1-3-9-15/h1-5,8-11H,6-7,12-14H2,(H,22,24). The third-order valence-electron chi connectivity index (χ3n) is 3.84. The average molecular weight is 374 g/mol. The van der Waals surface area contributed by atoms with Crippen LogP contribution in [0, 0.1) is 0 Å². The SMILES string of the molecule is O=C(CSC(=Nc1ccccc1)N1CCCC1)Nc1ccccc1Cl. The van der Waals surface area contributed by atoms with Gasteiger partial charge in [0, 0.05) is 13.1 Å². The Morgan fingerprint density at radius 3 is 2.48 bits per heavy atom. The Balaban J connectivity index is 1.65. The maximum Gasteiger partial charge on any atom is 0.234 e. The van der Waals surface area contributed by atoms with Gasteiger partial charge in [0.05, 0.1) is 22.2 Å². The number of halogens is 1. The van der Waals surface area contributed by atoms with Gasteiger partial charge in [-0.15, -0.1) is 0 Å². The Kier molecular flexibility index (Phi) is 6.36. The van der Waals surface area contributed by atoms with Gasteiger partial charge in [-0.1, -0.05) is 53.7 Å². The fourth-order valence-electron chi connectivity index (χ4n) is 2.59. The van der Waals surface area contributed by atoms with Crippen molar-refractivity contribution in [3.05, 3.63) is 59.6 Å². The highest BCUT2D eigenvalue weighted by Crippen LogP contribution is 2.23. The summed E-state index contributed by atoms with van der Waals surface area (Å²) in [6.45, 7) is 1.98. The maximum atomic E-state index is 12.3. The minimum absolute atomic E-state index is 0.0851. The van der Waals surface area contributed by atoms with Crippen molar-refractivity contribution >= 4 is 45.8 Å². The van der Waals surface area contributed by atoms with E-state index in [1.807, 2.05) is 42.5 Å². The van der Waals surface area contributed by atoms with Crippen LogP contribution < -0.4 is 5.32 Å². The minimum atomic E-state index is -0.0851. The Bertz CT molecular complexity index is 745. The number of likely N-dealkylation sites (tertiary alicyclic amines) is 1. The number of hydrogen-bond acceptors (Lipinski definition) is 3. The van der Waals surface area contributed by atoms with Gasteiger partial charge in [0.25, 0.3) is 0 Å². The number of thioether (sulfide) groups is 1. The van der Waals surface area contributed by atoms with E-state index >= 15 is 0 Å². The summed E-state index contributed by atoms with van der Waals surface area (Å²) in [7, 11) is 0. The van der Waals surface area contributed by atoms with Crippen LogP contribution >= 0.6 is 23.4 Å². The van der Waals surface area contributed by atoms with Gasteiger partial charge in [-0.25, -0.2) is 4.99 Å². The van der Waals surface area contributed by atoms with Gasteiger partial charge < -0.3 is 10.2 Å². The highest BCUT2D eigenvalue weighted by Gasteiger charge is 2.18. The van der Waals surface area contributed by atoms with E-state index in [0.29, 0.717) is 16.5 Å². The molecule has 1 amide bonds. The van der Waals surface area contributed by atoms with Gasteiger partial charge in [0.2, 0.25) is 5.91 Å². The third-order valence-corrected chi connectivity index (χ3v) is 5.18. The van der Waals surface area contributed by atoms with Crippen LogP contribution in [0.15, 0.2) is 59.6 Å². The Labute approximate surface area is 157 Å². The number of rotatable bonds is 4. The highest BCUT2D eigenvalue weighted by atomic mass is 35.5. The van der Waals surface area contributed by atoms with Gasteiger partial charge in [-0.3, -0.25) is 4.79 Å². The maximum absolute atomic E-state index is 12.3. The molecule has 1 aliphatic heterocycles. The minimum Gasteiger partial charge on any atom is -0.351 e. The number of carbonyl (C=O) groups excluding carboxylic acids is 1. The van der Waals surface area contributed by atoms with E-state index in [1.54, 1.807) is 12.1 Å². The molecule has 1 saturated heterocycles. The van der Waals surface area contributed by atoms with Gasteiger partial charge in [0.15, 0.2) is 5.17 Å². The summed E-state index contributed by atoms with van der Waals surface area (Å²) >= 11 is 7.56. The first-order valence-corrected chi connectivity index (χ1v) is 9.64. The molecule has 1 aliphatic rings. The highest BCUT2D eigenvalue weighted by molar-refractivity contribution is 8.14. The lowest BCUT2D eigenvalue weighted by Crippen LogP contribution is -2.27. The molecule has 1 N–H and O–H groups in total. The number of nitrogens with zero attached hydrogens (tertiary/aromatic N) is 2.